The molecule has 0 aliphatic heterocycles. The van der Waals surface area contributed by atoms with Crippen molar-refractivity contribution in [1.29, 1.82) is 0 Å². The molecular weight excluding hydrogens is 282 g/mol. The third-order valence-electron chi connectivity index (χ3n) is 3.46. The van der Waals surface area contributed by atoms with Crippen molar-refractivity contribution in [2.24, 2.45) is 0 Å². The smallest absolute Gasteiger partial charge is 0.195 e. The van der Waals surface area contributed by atoms with Crippen molar-refractivity contribution in [2.45, 2.75) is 0 Å². The molecule has 0 unspecified atom stereocenters. The molecule has 3 rings (SSSR count). The number of hydrogen-bond acceptors (Lipinski definition) is 5. The lowest BCUT2D eigenvalue weighted by Crippen LogP contribution is -2.04. The van der Waals surface area contributed by atoms with Gasteiger partial charge in [-0.2, -0.15) is 0 Å². The largest absolute Gasteiger partial charge is 0.497 e. The van der Waals surface area contributed by atoms with E-state index in [-0.39, 0.29) is 5.43 Å². The van der Waals surface area contributed by atoms with Gasteiger partial charge in [-0.05, 0) is 24.3 Å². The summed E-state index contributed by atoms with van der Waals surface area (Å²) in [6, 6.07) is 11.9. The molecule has 3 aromatic rings. The Balaban J connectivity index is 2.25. The minimum Gasteiger partial charge on any atom is -0.497 e. The van der Waals surface area contributed by atoms with Gasteiger partial charge >= 0.3 is 0 Å². The fraction of sp³-hybridized carbons (Fsp3) is 0.118. The van der Waals surface area contributed by atoms with Gasteiger partial charge in [0, 0.05) is 17.8 Å². The van der Waals surface area contributed by atoms with E-state index in [9.17, 15) is 4.79 Å². The van der Waals surface area contributed by atoms with Gasteiger partial charge in [-0.15, -0.1) is 0 Å². The van der Waals surface area contributed by atoms with Gasteiger partial charge in [-0.1, -0.05) is 6.07 Å². The Labute approximate surface area is 126 Å². The van der Waals surface area contributed by atoms with Crippen LogP contribution < -0.4 is 20.6 Å². The minimum atomic E-state index is -0.188. The van der Waals surface area contributed by atoms with Crippen molar-refractivity contribution >= 4 is 16.7 Å². The molecule has 1 heterocycles. The lowest BCUT2D eigenvalue weighted by atomic mass is 10.1. The summed E-state index contributed by atoms with van der Waals surface area (Å²) in [5.41, 5.74) is 7.17. The molecule has 0 saturated heterocycles. The molecule has 0 saturated carbocycles. The van der Waals surface area contributed by atoms with Crippen LogP contribution in [-0.4, -0.2) is 14.2 Å². The molecule has 0 fully saturated rings. The molecule has 0 amide bonds. The highest BCUT2D eigenvalue weighted by atomic mass is 16.5. The van der Waals surface area contributed by atoms with Crippen LogP contribution in [0.5, 0.6) is 11.5 Å². The molecule has 22 heavy (non-hydrogen) atoms. The second kappa shape index (κ2) is 5.44. The fourth-order valence-corrected chi connectivity index (χ4v) is 2.37. The molecule has 5 nitrogen and oxygen atoms in total. The maximum Gasteiger partial charge on any atom is 0.195 e. The van der Waals surface area contributed by atoms with Gasteiger partial charge in [0.15, 0.2) is 5.43 Å². The summed E-state index contributed by atoms with van der Waals surface area (Å²) in [7, 11) is 3.13. The predicted octanol–water partition coefficient (Wildman–Crippen LogP) is 3.06. The van der Waals surface area contributed by atoms with Crippen LogP contribution in [0.4, 0.5) is 5.69 Å². The maximum absolute atomic E-state index is 12.3. The van der Waals surface area contributed by atoms with Crippen LogP contribution in [0.25, 0.3) is 22.3 Å². The summed E-state index contributed by atoms with van der Waals surface area (Å²) in [4.78, 5) is 12.3. The molecule has 0 bridgehead atoms. The van der Waals surface area contributed by atoms with Gasteiger partial charge in [-0.3, -0.25) is 4.79 Å². The predicted molar refractivity (Wildman–Crippen MR) is 85.4 cm³/mol. The Morgan fingerprint density at radius 1 is 1.05 bits per heavy atom. The number of benzene rings is 2. The lowest BCUT2D eigenvalue weighted by Gasteiger charge is -2.10. The second-order valence-electron chi connectivity index (χ2n) is 4.76. The summed E-state index contributed by atoms with van der Waals surface area (Å²) in [5.74, 6) is 1.64. The number of methoxy groups -OCH3 is 2. The zero-order valence-electron chi connectivity index (χ0n) is 12.3. The van der Waals surface area contributed by atoms with Crippen LogP contribution in [-0.2, 0) is 0 Å². The third kappa shape index (κ3) is 2.26. The zero-order valence-corrected chi connectivity index (χ0v) is 12.3. The van der Waals surface area contributed by atoms with Crippen LogP contribution >= 0.6 is 0 Å². The molecule has 0 atom stereocenters. The van der Waals surface area contributed by atoms with Crippen molar-refractivity contribution in [2.75, 3.05) is 20.0 Å². The van der Waals surface area contributed by atoms with Gasteiger partial charge in [0.1, 0.15) is 22.8 Å². The van der Waals surface area contributed by atoms with Crippen molar-refractivity contribution < 1.29 is 13.9 Å². The highest BCUT2D eigenvalue weighted by Gasteiger charge is 2.13. The van der Waals surface area contributed by atoms with E-state index in [4.69, 9.17) is 19.6 Å². The maximum atomic E-state index is 12.3. The van der Waals surface area contributed by atoms with Gasteiger partial charge < -0.3 is 19.6 Å². The first-order chi connectivity index (χ1) is 10.6. The van der Waals surface area contributed by atoms with Crippen molar-refractivity contribution in [3.63, 3.8) is 0 Å². The molecule has 2 aromatic carbocycles. The molecule has 0 spiro atoms. The SMILES string of the molecule is COc1ccc(-c2cc(=O)c3c(N)cccc3o2)c(OC)c1. The topological polar surface area (TPSA) is 74.7 Å². The summed E-state index contributed by atoms with van der Waals surface area (Å²) in [6.45, 7) is 0. The van der Waals surface area contributed by atoms with Crippen LogP contribution in [0.3, 0.4) is 0 Å². The normalized spacial score (nSPS) is 10.6. The number of nitrogens with two attached hydrogens (primary N) is 1. The molecule has 5 heteroatoms. The lowest BCUT2D eigenvalue weighted by molar-refractivity contribution is 0.394. The molecule has 0 aliphatic carbocycles. The summed E-state index contributed by atoms with van der Waals surface area (Å²) in [6.07, 6.45) is 0. The van der Waals surface area contributed by atoms with Crippen molar-refractivity contribution in [3.8, 4) is 22.8 Å². The summed E-state index contributed by atoms with van der Waals surface area (Å²) >= 11 is 0. The Bertz CT molecular complexity index is 899. The number of hydrogen-bond donors (Lipinski definition) is 1. The molecule has 0 radical (unpaired) electrons. The number of ether oxygens (including phenoxy) is 2. The fourth-order valence-electron chi connectivity index (χ4n) is 2.37. The van der Waals surface area contributed by atoms with E-state index in [1.807, 2.05) is 0 Å². The first kappa shape index (κ1) is 14.0. The quantitative estimate of drug-likeness (QED) is 0.752. The third-order valence-corrected chi connectivity index (χ3v) is 3.46. The highest BCUT2D eigenvalue weighted by molar-refractivity contribution is 5.89. The summed E-state index contributed by atoms with van der Waals surface area (Å²) < 4.78 is 16.3. The van der Waals surface area contributed by atoms with E-state index >= 15 is 0 Å². The number of rotatable bonds is 3. The molecule has 112 valence electrons. The van der Waals surface area contributed by atoms with Crippen molar-refractivity contribution in [3.05, 3.63) is 52.7 Å². The Morgan fingerprint density at radius 2 is 1.86 bits per heavy atom. The van der Waals surface area contributed by atoms with E-state index in [1.165, 1.54) is 6.07 Å². The van der Waals surface area contributed by atoms with Crippen molar-refractivity contribution in [1.82, 2.24) is 0 Å². The van der Waals surface area contributed by atoms with Crippen LogP contribution in [0.1, 0.15) is 0 Å². The Morgan fingerprint density at radius 3 is 2.59 bits per heavy atom. The molecule has 1 aromatic heterocycles. The molecular formula is C17H15NO4. The van der Waals surface area contributed by atoms with Gasteiger partial charge in [0.2, 0.25) is 0 Å². The van der Waals surface area contributed by atoms with Gasteiger partial charge in [0.25, 0.3) is 0 Å². The van der Waals surface area contributed by atoms with E-state index in [0.717, 1.165) is 0 Å². The van der Waals surface area contributed by atoms with E-state index in [2.05, 4.69) is 0 Å². The standard InChI is InChI=1S/C17H15NO4/c1-20-10-6-7-11(15(8-10)21-2)16-9-13(19)17-12(18)4-3-5-14(17)22-16/h3-9H,18H2,1-2H3. The van der Waals surface area contributed by atoms with Gasteiger partial charge in [-0.25, -0.2) is 0 Å². The Kier molecular flexibility index (Phi) is 3.47. The zero-order chi connectivity index (χ0) is 15.7. The highest BCUT2D eigenvalue weighted by Crippen LogP contribution is 2.34. The van der Waals surface area contributed by atoms with Crippen LogP contribution in [0.15, 0.2) is 51.7 Å². The second-order valence-corrected chi connectivity index (χ2v) is 4.76. The van der Waals surface area contributed by atoms with E-state index in [1.54, 1.807) is 50.6 Å². The van der Waals surface area contributed by atoms with Crippen LogP contribution in [0, 0.1) is 0 Å². The van der Waals surface area contributed by atoms with E-state index < -0.39 is 0 Å². The number of fused-ring (bicyclic) bond motifs is 1. The molecule has 2 N–H and O–H groups in total. The van der Waals surface area contributed by atoms with Gasteiger partial charge in [0.05, 0.1) is 25.2 Å². The van der Waals surface area contributed by atoms with E-state index in [0.29, 0.717) is 39.5 Å². The minimum absolute atomic E-state index is 0.188. The average molecular weight is 297 g/mol. The average Bonchev–Trinajstić information content (AvgIpc) is 2.53. The Hall–Kier alpha value is -2.95. The first-order valence-corrected chi connectivity index (χ1v) is 6.69. The molecule has 0 aliphatic rings. The number of nitrogen functional groups attached to an aromatic ring is 1. The first-order valence-electron chi connectivity index (χ1n) is 6.69. The number of anilines is 1. The monoisotopic (exact) mass is 297 g/mol. The summed E-state index contributed by atoms with van der Waals surface area (Å²) in [5, 5.41) is 0.388. The van der Waals surface area contributed by atoms with Crippen LogP contribution in [0.2, 0.25) is 0 Å².